The SMILES string of the molecule is COCCNC(=O)[C@@H]1C[C@H](Oc2ccccc2)CN1C(=O)C1(c2ccc(OC)cc2)CC1. The number of hydrogen-bond acceptors (Lipinski definition) is 5. The molecular formula is C25H30N2O5. The Balaban J connectivity index is 1.53. The lowest BCUT2D eigenvalue weighted by Crippen LogP contribution is -2.49. The number of nitrogens with zero attached hydrogens (tertiary/aromatic N) is 1. The van der Waals surface area contributed by atoms with Crippen LogP contribution >= 0.6 is 0 Å². The highest BCUT2D eigenvalue weighted by Gasteiger charge is 2.56. The van der Waals surface area contributed by atoms with Crippen LogP contribution in [0.25, 0.3) is 0 Å². The number of benzene rings is 2. The number of methoxy groups -OCH3 is 2. The van der Waals surface area contributed by atoms with Crippen LogP contribution in [0, 0.1) is 0 Å². The van der Waals surface area contributed by atoms with Crippen LogP contribution in [0.3, 0.4) is 0 Å². The fourth-order valence-corrected chi connectivity index (χ4v) is 4.38. The van der Waals surface area contributed by atoms with Crippen molar-refractivity contribution in [1.82, 2.24) is 10.2 Å². The van der Waals surface area contributed by atoms with Crippen molar-refractivity contribution >= 4 is 11.8 Å². The van der Waals surface area contributed by atoms with Crippen LogP contribution in [0.5, 0.6) is 11.5 Å². The molecule has 170 valence electrons. The summed E-state index contributed by atoms with van der Waals surface area (Å²) in [6.45, 7) is 1.21. The third-order valence-electron chi connectivity index (χ3n) is 6.28. The fourth-order valence-electron chi connectivity index (χ4n) is 4.38. The van der Waals surface area contributed by atoms with E-state index in [1.54, 1.807) is 19.1 Å². The molecule has 2 fully saturated rings. The third-order valence-corrected chi connectivity index (χ3v) is 6.28. The predicted molar refractivity (Wildman–Crippen MR) is 120 cm³/mol. The fraction of sp³-hybridized carbons (Fsp3) is 0.440. The van der Waals surface area contributed by atoms with Gasteiger partial charge in [0.25, 0.3) is 0 Å². The topological polar surface area (TPSA) is 77.1 Å². The number of ether oxygens (including phenoxy) is 3. The van der Waals surface area contributed by atoms with Gasteiger partial charge in [0, 0.05) is 20.1 Å². The minimum absolute atomic E-state index is 0.00581. The first-order chi connectivity index (χ1) is 15.6. The van der Waals surface area contributed by atoms with Crippen molar-refractivity contribution in [3.8, 4) is 11.5 Å². The van der Waals surface area contributed by atoms with E-state index in [9.17, 15) is 9.59 Å². The normalized spacial score (nSPS) is 21.1. The molecule has 7 nitrogen and oxygen atoms in total. The van der Waals surface area contributed by atoms with E-state index < -0.39 is 11.5 Å². The number of para-hydroxylation sites is 1. The second-order valence-corrected chi connectivity index (χ2v) is 8.36. The van der Waals surface area contributed by atoms with Gasteiger partial charge >= 0.3 is 0 Å². The molecule has 7 heteroatoms. The molecule has 4 rings (SSSR count). The number of hydrogen-bond donors (Lipinski definition) is 1. The highest BCUT2D eigenvalue weighted by molar-refractivity contribution is 5.95. The van der Waals surface area contributed by atoms with Gasteiger partial charge in [0.1, 0.15) is 23.6 Å². The number of nitrogens with one attached hydrogen (secondary N) is 1. The molecule has 32 heavy (non-hydrogen) atoms. The van der Waals surface area contributed by atoms with Gasteiger partial charge in [-0.15, -0.1) is 0 Å². The Hall–Kier alpha value is -3.06. The highest BCUT2D eigenvalue weighted by Crippen LogP contribution is 2.50. The molecule has 2 amide bonds. The average Bonchev–Trinajstić information content (AvgIpc) is 3.53. The van der Waals surface area contributed by atoms with E-state index in [4.69, 9.17) is 14.2 Å². The Morgan fingerprint density at radius 1 is 1.03 bits per heavy atom. The van der Waals surface area contributed by atoms with Crippen molar-refractivity contribution in [3.05, 3.63) is 60.2 Å². The Labute approximate surface area is 188 Å². The van der Waals surface area contributed by atoms with E-state index in [1.165, 1.54) is 0 Å². The Bertz CT molecular complexity index is 927. The lowest BCUT2D eigenvalue weighted by Gasteiger charge is -2.28. The molecule has 1 saturated heterocycles. The summed E-state index contributed by atoms with van der Waals surface area (Å²) < 4.78 is 16.4. The van der Waals surface area contributed by atoms with Crippen molar-refractivity contribution in [1.29, 1.82) is 0 Å². The van der Waals surface area contributed by atoms with E-state index in [0.29, 0.717) is 26.1 Å². The summed E-state index contributed by atoms with van der Waals surface area (Å²) in [5.41, 5.74) is 0.396. The molecule has 2 atom stereocenters. The van der Waals surface area contributed by atoms with Crippen LogP contribution < -0.4 is 14.8 Å². The van der Waals surface area contributed by atoms with Gasteiger partial charge in [-0.1, -0.05) is 30.3 Å². The van der Waals surface area contributed by atoms with Crippen molar-refractivity contribution in [2.75, 3.05) is 33.9 Å². The summed E-state index contributed by atoms with van der Waals surface area (Å²) in [6.07, 6.45) is 1.76. The summed E-state index contributed by atoms with van der Waals surface area (Å²) in [5.74, 6) is 1.32. The Morgan fingerprint density at radius 2 is 1.75 bits per heavy atom. The zero-order valence-electron chi connectivity index (χ0n) is 18.6. The quantitative estimate of drug-likeness (QED) is 0.609. The third kappa shape index (κ3) is 4.58. The molecule has 0 bridgehead atoms. The van der Waals surface area contributed by atoms with Crippen molar-refractivity contribution < 1.29 is 23.8 Å². The van der Waals surface area contributed by atoms with Crippen LogP contribution in [-0.4, -0.2) is 62.8 Å². The molecule has 0 spiro atoms. The molecule has 2 aliphatic rings. The Morgan fingerprint density at radius 3 is 2.38 bits per heavy atom. The van der Waals surface area contributed by atoms with Gasteiger partial charge in [0.15, 0.2) is 0 Å². The zero-order valence-corrected chi connectivity index (χ0v) is 18.6. The molecule has 1 N–H and O–H groups in total. The molecule has 2 aromatic carbocycles. The van der Waals surface area contributed by atoms with Gasteiger partial charge in [-0.2, -0.15) is 0 Å². The molecule has 1 aliphatic heterocycles. The van der Waals surface area contributed by atoms with E-state index in [-0.39, 0.29) is 17.9 Å². The summed E-state index contributed by atoms with van der Waals surface area (Å²) in [4.78, 5) is 28.4. The maximum atomic E-state index is 13.8. The molecule has 1 heterocycles. The summed E-state index contributed by atoms with van der Waals surface area (Å²) >= 11 is 0. The van der Waals surface area contributed by atoms with Gasteiger partial charge in [0.05, 0.1) is 25.7 Å². The first-order valence-electron chi connectivity index (χ1n) is 11.0. The van der Waals surface area contributed by atoms with Crippen LogP contribution in [0.15, 0.2) is 54.6 Å². The second-order valence-electron chi connectivity index (χ2n) is 8.36. The summed E-state index contributed by atoms with van der Waals surface area (Å²) in [6, 6.07) is 16.6. The largest absolute Gasteiger partial charge is 0.497 e. The smallest absolute Gasteiger partial charge is 0.243 e. The Kier molecular flexibility index (Phi) is 6.65. The monoisotopic (exact) mass is 438 g/mol. The first-order valence-corrected chi connectivity index (χ1v) is 11.0. The minimum atomic E-state index is -0.570. The number of likely N-dealkylation sites (tertiary alicyclic amines) is 1. The standard InChI is InChI=1S/C25H30N2O5/c1-30-15-14-26-23(28)22-16-21(32-20-6-4-3-5-7-20)17-27(22)24(29)25(12-13-25)18-8-10-19(31-2)11-9-18/h3-11,21-22H,12-17H2,1-2H3,(H,26,28)/t21-,22-/m0/s1. The van der Waals surface area contributed by atoms with Crippen LogP contribution in [-0.2, 0) is 19.7 Å². The number of rotatable bonds is 9. The molecule has 1 saturated carbocycles. The summed E-state index contributed by atoms with van der Waals surface area (Å²) in [5, 5.41) is 2.89. The van der Waals surface area contributed by atoms with Gasteiger partial charge in [0.2, 0.25) is 11.8 Å². The van der Waals surface area contributed by atoms with Crippen LogP contribution in [0.1, 0.15) is 24.8 Å². The van der Waals surface area contributed by atoms with Crippen LogP contribution in [0.4, 0.5) is 0 Å². The molecular weight excluding hydrogens is 408 g/mol. The molecule has 0 unspecified atom stereocenters. The van der Waals surface area contributed by atoms with Crippen molar-refractivity contribution in [2.45, 2.75) is 36.8 Å². The van der Waals surface area contributed by atoms with E-state index in [1.807, 2.05) is 54.6 Å². The van der Waals surface area contributed by atoms with Crippen molar-refractivity contribution in [2.24, 2.45) is 0 Å². The van der Waals surface area contributed by atoms with E-state index >= 15 is 0 Å². The number of amides is 2. The first kappa shape index (κ1) is 22.1. The lowest BCUT2D eigenvalue weighted by atomic mass is 9.93. The van der Waals surface area contributed by atoms with Gasteiger partial charge in [-0.25, -0.2) is 0 Å². The van der Waals surface area contributed by atoms with Crippen molar-refractivity contribution in [3.63, 3.8) is 0 Å². The number of carbonyl (C=O) groups is 2. The van der Waals surface area contributed by atoms with Crippen LogP contribution in [0.2, 0.25) is 0 Å². The minimum Gasteiger partial charge on any atom is -0.497 e. The van der Waals surface area contributed by atoms with Gasteiger partial charge < -0.3 is 24.4 Å². The zero-order chi connectivity index (χ0) is 22.6. The average molecular weight is 439 g/mol. The predicted octanol–water partition coefficient (Wildman–Crippen LogP) is 2.54. The maximum absolute atomic E-state index is 13.8. The van der Waals surface area contributed by atoms with Gasteiger partial charge in [-0.05, 0) is 42.7 Å². The van der Waals surface area contributed by atoms with E-state index in [0.717, 1.165) is 29.9 Å². The molecule has 2 aromatic rings. The highest BCUT2D eigenvalue weighted by atomic mass is 16.5. The second kappa shape index (κ2) is 9.61. The molecule has 0 aromatic heterocycles. The number of carbonyl (C=O) groups excluding carboxylic acids is 2. The summed E-state index contributed by atoms with van der Waals surface area (Å²) in [7, 11) is 3.21. The van der Waals surface area contributed by atoms with E-state index in [2.05, 4.69) is 5.32 Å². The van der Waals surface area contributed by atoms with Gasteiger partial charge in [-0.3, -0.25) is 9.59 Å². The molecule has 0 radical (unpaired) electrons. The maximum Gasteiger partial charge on any atom is 0.243 e. The molecule has 1 aliphatic carbocycles. The lowest BCUT2D eigenvalue weighted by molar-refractivity contribution is -0.140.